The third kappa shape index (κ3) is 4.74. The van der Waals surface area contributed by atoms with Crippen molar-refractivity contribution in [3.8, 4) is 5.75 Å². The average molecular weight is 512 g/mol. The Balaban J connectivity index is 1.21. The number of anilines is 1. The van der Waals surface area contributed by atoms with Crippen molar-refractivity contribution in [3.05, 3.63) is 53.6 Å². The predicted octanol–water partition coefficient (Wildman–Crippen LogP) is 3.10. The molecule has 2 aromatic carbocycles. The molecule has 9 heteroatoms. The van der Waals surface area contributed by atoms with Gasteiger partial charge in [0, 0.05) is 48.8 Å². The van der Waals surface area contributed by atoms with E-state index in [1.807, 2.05) is 36.1 Å². The summed E-state index contributed by atoms with van der Waals surface area (Å²) >= 11 is 0. The second-order valence-corrected chi connectivity index (χ2v) is 12.0. The van der Waals surface area contributed by atoms with Crippen LogP contribution >= 0.6 is 0 Å². The van der Waals surface area contributed by atoms with Gasteiger partial charge in [0.05, 0.1) is 12.0 Å². The van der Waals surface area contributed by atoms with E-state index in [1.165, 1.54) is 4.31 Å². The molecule has 1 saturated heterocycles. The Morgan fingerprint density at radius 1 is 1.03 bits per heavy atom. The Labute approximate surface area is 212 Å². The number of nitrogens with one attached hydrogen (secondary N) is 1. The number of sulfonamides is 1. The molecule has 0 radical (unpaired) electrons. The van der Waals surface area contributed by atoms with Gasteiger partial charge >= 0.3 is 0 Å². The molecule has 1 N–H and O–H groups in total. The van der Waals surface area contributed by atoms with Gasteiger partial charge in [-0.1, -0.05) is 18.2 Å². The van der Waals surface area contributed by atoms with Crippen molar-refractivity contribution in [3.63, 3.8) is 0 Å². The molecule has 5 rings (SSSR count). The lowest BCUT2D eigenvalue weighted by molar-refractivity contribution is -0.126. The number of fused-ring (bicyclic) bond motifs is 1. The van der Waals surface area contributed by atoms with Crippen LogP contribution in [0.25, 0.3) is 0 Å². The van der Waals surface area contributed by atoms with Crippen LogP contribution < -0.4 is 15.0 Å². The van der Waals surface area contributed by atoms with Gasteiger partial charge in [-0.15, -0.1) is 0 Å². The molecule has 2 fully saturated rings. The lowest BCUT2D eigenvalue weighted by atomic mass is 9.97. The number of carbonyl (C=O) groups excluding carboxylic acids is 2. The van der Waals surface area contributed by atoms with Gasteiger partial charge in [-0.25, -0.2) is 8.42 Å². The number of rotatable bonds is 7. The zero-order valence-electron chi connectivity index (χ0n) is 20.8. The van der Waals surface area contributed by atoms with Crippen LogP contribution in [0.1, 0.15) is 43.7 Å². The molecular formula is C27H33N3O5S. The Kier molecular flexibility index (Phi) is 6.78. The summed E-state index contributed by atoms with van der Waals surface area (Å²) in [6.07, 6.45) is 3.49. The van der Waals surface area contributed by atoms with Crippen LogP contribution in [0.4, 0.5) is 5.69 Å². The summed E-state index contributed by atoms with van der Waals surface area (Å²) in [5.74, 6) is 0.708. The van der Waals surface area contributed by atoms with E-state index in [9.17, 15) is 18.0 Å². The van der Waals surface area contributed by atoms with Crippen LogP contribution in [0.15, 0.2) is 47.4 Å². The molecular weight excluding hydrogens is 478 g/mol. The molecule has 0 spiro atoms. The maximum atomic E-state index is 13.4. The van der Waals surface area contributed by atoms with Crippen LogP contribution in [0.3, 0.4) is 0 Å². The van der Waals surface area contributed by atoms with E-state index >= 15 is 0 Å². The van der Waals surface area contributed by atoms with Crippen LogP contribution in [0.5, 0.6) is 5.75 Å². The van der Waals surface area contributed by atoms with Gasteiger partial charge in [0.1, 0.15) is 5.75 Å². The molecule has 1 atom stereocenters. The predicted molar refractivity (Wildman–Crippen MR) is 136 cm³/mol. The minimum atomic E-state index is -3.67. The molecule has 8 nitrogen and oxygen atoms in total. The number of carbonyl (C=O) groups is 2. The molecule has 2 amide bonds. The Bertz CT molecular complexity index is 1270. The summed E-state index contributed by atoms with van der Waals surface area (Å²) in [7, 11) is -2.08. The van der Waals surface area contributed by atoms with Crippen LogP contribution in [-0.2, 0) is 32.6 Å². The van der Waals surface area contributed by atoms with Gasteiger partial charge in [-0.05, 0) is 68.9 Å². The summed E-state index contributed by atoms with van der Waals surface area (Å²) in [5.41, 5.74) is 2.64. The van der Waals surface area contributed by atoms with E-state index in [1.54, 1.807) is 25.3 Å². The van der Waals surface area contributed by atoms with E-state index in [2.05, 4.69) is 5.32 Å². The summed E-state index contributed by atoms with van der Waals surface area (Å²) in [6.45, 7) is 2.98. The second kappa shape index (κ2) is 9.86. The molecule has 192 valence electrons. The molecule has 1 aliphatic carbocycles. The van der Waals surface area contributed by atoms with Crippen molar-refractivity contribution in [2.24, 2.45) is 11.8 Å². The maximum Gasteiger partial charge on any atom is 0.243 e. The van der Waals surface area contributed by atoms with Crippen LogP contribution in [0, 0.1) is 11.8 Å². The first-order chi connectivity index (χ1) is 17.3. The molecule has 0 unspecified atom stereocenters. The molecule has 2 heterocycles. The normalized spacial score (nSPS) is 20.7. The number of benzene rings is 2. The van der Waals surface area contributed by atoms with E-state index in [-0.39, 0.29) is 34.6 Å². The van der Waals surface area contributed by atoms with Crippen LogP contribution in [-0.4, -0.2) is 50.8 Å². The van der Waals surface area contributed by atoms with E-state index in [0.29, 0.717) is 38.9 Å². The number of methoxy groups -OCH3 is 1. The van der Waals surface area contributed by atoms with Crippen molar-refractivity contribution in [2.45, 2.75) is 56.5 Å². The standard InChI is InChI=1S/C27H33N3O5S/c1-18-15-22-16-23(9-10-24(22)30(18)27(32)20-7-8-20)36(33,34)29-13-11-19(12-14-29)26(31)28-17-21-5-3-4-6-25(21)35-2/h3-6,9-10,16,18-20H,7-8,11-15,17H2,1-2H3,(H,28,31)/t18-/m1/s1. The minimum Gasteiger partial charge on any atom is -0.496 e. The van der Waals surface area contributed by atoms with Gasteiger partial charge < -0.3 is 15.0 Å². The number of piperidine rings is 1. The highest BCUT2D eigenvalue weighted by molar-refractivity contribution is 7.89. The first kappa shape index (κ1) is 24.8. The lowest BCUT2D eigenvalue weighted by Crippen LogP contribution is -2.42. The number of hydrogen-bond donors (Lipinski definition) is 1. The van der Waals surface area contributed by atoms with E-state index < -0.39 is 10.0 Å². The first-order valence-corrected chi connectivity index (χ1v) is 14.1. The van der Waals surface area contributed by atoms with Gasteiger partial charge in [-0.3, -0.25) is 9.59 Å². The second-order valence-electron chi connectivity index (χ2n) is 10.0. The smallest absolute Gasteiger partial charge is 0.243 e. The largest absolute Gasteiger partial charge is 0.496 e. The van der Waals surface area contributed by atoms with E-state index in [4.69, 9.17) is 4.74 Å². The Hall–Kier alpha value is -2.91. The molecule has 3 aliphatic rings. The Morgan fingerprint density at radius 3 is 2.44 bits per heavy atom. The van der Waals surface area contributed by atoms with Crippen molar-refractivity contribution in [2.75, 3.05) is 25.1 Å². The zero-order chi connectivity index (χ0) is 25.4. The van der Waals surface area contributed by atoms with E-state index in [0.717, 1.165) is 35.4 Å². The van der Waals surface area contributed by atoms with Crippen molar-refractivity contribution < 1.29 is 22.7 Å². The summed E-state index contributed by atoms with van der Waals surface area (Å²) in [5, 5.41) is 2.97. The highest BCUT2D eigenvalue weighted by Crippen LogP contribution is 2.40. The molecule has 2 aromatic rings. The number of hydrogen-bond acceptors (Lipinski definition) is 5. The summed E-state index contributed by atoms with van der Waals surface area (Å²) < 4.78 is 33.6. The highest BCUT2D eigenvalue weighted by atomic mass is 32.2. The van der Waals surface area contributed by atoms with Crippen molar-refractivity contribution in [1.29, 1.82) is 0 Å². The fourth-order valence-electron chi connectivity index (χ4n) is 5.31. The van der Waals surface area contributed by atoms with Crippen molar-refractivity contribution >= 4 is 27.5 Å². The fourth-order valence-corrected chi connectivity index (χ4v) is 6.83. The van der Waals surface area contributed by atoms with Gasteiger partial charge in [0.25, 0.3) is 0 Å². The zero-order valence-corrected chi connectivity index (χ0v) is 21.6. The molecule has 1 saturated carbocycles. The topological polar surface area (TPSA) is 96.0 Å². The van der Waals surface area contributed by atoms with Gasteiger partial charge in [-0.2, -0.15) is 4.31 Å². The van der Waals surface area contributed by atoms with Gasteiger partial charge in [0.2, 0.25) is 21.8 Å². The van der Waals surface area contributed by atoms with Gasteiger partial charge in [0.15, 0.2) is 0 Å². The fraction of sp³-hybridized carbons (Fsp3) is 0.481. The highest BCUT2D eigenvalue weighted by Gasteiger charge is 2.40. The third-order valence-corrected chi connectivity index (χ3v) is 9.43. The average Bonchev–Trinajstić information content (AvgIpc) is 3.69. The monoisotopic (exact) mass is 511 g/mol. The third-order valence-electron chi connectivity index (χ3n) is 7.54. The quantitative estimate of drug-likeness (QED) is 0.616. The molecule has 0 bridgehead atoms. The number of nitrogens with zero attached hydrogens (tertiary/aromatic N) is 2. The Morgan fingerprint density at radius 2 is 1.75 bits per heavy atom. The molecule has 36 heavy (non-hydrogen) atoms. The SMILES string of the molecule is COc1ccccc1CNC(=O)C1CCN(S(=O)(=O)c2ccc3c(c2)C[C@@H](C)N3C(=O)C2CC2)CC1. The summed E-state index contributed by atoms with van der Waals surface area (Å²) in [4.78, 5) is 27.6. The molecule has 0 aromatic heterocycles. The first-order valence-electron chi connectivity index (χ1n) is 12.7. The lowest BCUT2D eigenvalue weighted by Gasteiger charge is -2.30. The number of amides is 2. The minimum absolute atomic E-state index is 0.0381. The van der Waals surface area contributed by atoms with Crippen LogP contribution in [0.2, 0.25) is 0 Å². The molecule has 2 aliphatic heterocycles. The number of para-hydroxylation sites is 1. The van der Waals surface area contributed by atoms with Crippen molar-refractivity contribution in [1.82, 2.24) is 9.62 Å². The number of ether oxygens (including phenoxy) is 1. The maximum absolute atomic E-state index is 13.4. The summed E-state index contributed by atoms with van der Waals surface area (Å²) in [6, 6.07) is 12.7.